The summed E-state index contributed by atoms with van der Waals surface area (Å²) < 4.78 is 30.8. The van der Waals surface area contributed by atoms with E-state index in [4.69, 9.17) is 16.3 Å². The Kier molecular flexibility index (Phi) is 6.59. The van der Waals surface area contributed by atoms with Gasteiger partial charge in [0.25, 0.3) is 0 Å². The zero-order valence-electron chi connectivity index (χ0n) is 16.4. The number of hydrogen-bond donors (Lipinski definition) is 1. The predicted molar refractivity (Wildman–Crippen MR) is 119 cm³/mol. The van der Waals surface area contributed by atoms with E-state index >= 15 is 0 Å². The molecule has 0 radical (unpaired) electrons. The molecule has 1 amide bonds. The molecule has 0 aliphatic heterocycles. The number of halogens is 1. The number of rotatable bonds is 7. The van der Waals surface area contributed by atoms with Gasteiger partial charge in [-0.1, -0.05) is 22.9 Å². The van der Waals surface area contributed by atoms with Gasteiger partial charge in [-0.25, -0.2) is 8.42 Å². The van der Waals surface area contributed by atoms with E-state index in [0.29, 0.717) is 21.5 Å². The maximum Gasteiger partial charge on any atom is 0.249 e. The number of ether oxygens (including phenoxy) is 1. The molecule has 0 bridgehead atoms. The van der Waals surface area contributed by atoms with Gasteiger partial charge in [0.15, 0.2) is 0 Å². The lowest BCUT2D eigenvalue weighted by Gasteiger charge is -2.27. The first-order valence-corrected chi connectivity index (χ1v) is 11.8. The van der Waals surface area contributed by atoms with Gasteiger partial charge in [-0.3, -0.25) is 14.4 Å². The van der Waals surface area contributed by atoms with E-state index in [1.807, 2.05) is 12.1 Å². The number of sulfonamides is 1. The van der Waals surface area contributed by atoms with Gasteiger partial charge in [-0.05, 0) is 55.5 Å². The molecular weight excluding hydrogens is 448 g/mol. The number of hydrogen-bond acceptors (Lipinski definition) is 7. The number of aromatic nitrogens is 2. The third-order valence-electron chi connectivity index (χ3n) is 4.16. The Bertz CT molecular complexity index is 1130. The van der Waals surface area contributed by atoms with Gasteiger partial charge in [0.05, 0.1) is 19.1 Å². The molecule has 0 aliphatic rings. The van der Waals surface area contributed by atoms with Gasteiger partial charge >= 0.3 is 0 Å². The van der Waals surface area contributed by atoms with Gasteiger partial charge in [-0.2, -0.15) is 0 Å². The number of methoxy groups -OCH3 is 1. The number of carbonyl (C=O) groups excluding carboxylic acids is 1. The van der Waals surface area contributed by atoms with Crippen molar-refractivity contribution < 1.29 is 17.9 Å². The van der Waals surface area contributed by atoms with Gasteiger partial charge in [0.1, 0.15) is 16.8 Å². The fourth-order valence-electron chi connectivity index (χ4n) is 2.73. The maximum atomic E-state index is 12.7. The summed E-state index contributed by atoms with van der Waals surface area (Å²) in [5.41, 5.74) is 1.15. The lowest BCUT2D eigenvalue weighted by Crippen LogP contribution is -2.45. The molecule has 1 N–H and O–H groups in total. The van der Waals surface area contributed by atoms with Crippen molar-refractivity contribution in [3.8, 4) is 16.3 Å². The Morgan fingerprint density at radius 2 is 1.77 bits per heavy atom. The number of nitrogens with zero attached hydrogens (tertiary/aromatic N) is 3. The first-order chi connectivity index (χ1) is 14.2. The highest BCUT2D eigenvalue weighted by molar-refractivity contribution is 7.92. The molecule has 0 aliphatic carbocycles. The molecule has 8 nitrogen and oxygen atoms in total. The van der Waals surface area contributed by atoms with Crippen LogP contribution in [0.2, 0.25) is 5.02 Å². The van der Waals surface area contributed by atoms with Gasteiger partial charge in [-0.15, -0.1) is 10.2 Å². The fraction of sp³-hybridized carbons (Fsp3) is 0.211. The topological polar surface area (TPSA) is 101 Å². The van der Waals surface area contributed by atoms with Crippen LogP contribution in [0, 0.1) is 0 Å². The third kappa shape index (κ3) is 5.07. The predicted octanol–water partition coefficient (Wildman–Crippen LogP) is 3.66. The summed E-state index contributed by atoms with van der Waals surface area (Å²) in [6.07, 6.45) is 1.04. The zero-order chi connectivity index (χ0) is 21.9. The average Bonchev–Trinajstić information content (AvgIpc) is 3.17. The van der Waals surface area contributed by atoms with Crippen molar-refractivity contribution in [1.82, 2.24) is 10.2 Å². The lowest BCUT2D eigenvalue weighted by molar-refractivity contribution is -0.116. The minimum Gasteiger partial charge on any atom is -0.497 e. The molecule has 1 heterocycles. The molecule has 3 aromatic rings. The molecule has 158 valence electrons. The van der Waals surface area contributed by atoms with Crippen molar-refractivity contribution in [3.05, 3.63) is 53.6 Å². The molecule has 0 spiro atoms. The Morgan fingerprint density at radius 3 is 2.33 bits per heavy atom. The van der Waals surface area contributed by atoms with E-state index in [1.54, 1.807) is 43.5 Å². The number of carbonyl (C=O) groups is 1. The summed E-state index contributed by atoms with van der Waals surface area (Å²) in [4.78, 5) is 12.7. The minimum atomic E-state index is -3.73. The fourth-order valence-corrected chi connectivity index (χ4v) is 4.78. The smallest absolute Gasteiger partial charge is 0.249 e. The summed E-state index contributed by atoms with van der Waals surface area (Å²) in [7, 11) is -2.14. The van der Waals surface area contributed by atoms with E-state index in [0.717, 1.165) is 16.1 Å². The Hall–Kier alpha value is -2.69. The van der Waals surface area contributed by atoms with Crippen LogP contribution in [-0.2, 0) is 14.8 Å². The van der Waals surface area contributed by atoms with Crippen LogP contribution < -0.4 is 14.4 Å². The van der Waals surface area contributed by atoms with Crippen LogP contribution in [0.15, 0.2) is 48.5 Å². The second-order valence-corrected chi connectivity index (χ2v) is 9.61. The van der Waals surface area contributed by atoms with Crippen LogP contribution >= 0.6 is 22.9 Å². The van der Waals surface area contributed by atoms with Crippen molar-refractivity contribution in [2.45, 2.75) is 13.0 Å². The van der Waals surface area contributed by atoms with Gasteiger partial charge < -0.3 is 4.74 Å². The molecule has 11 heteroatoms. The summed E-state index contributed by atoms with van der Waals surface area (Å²) in [6, 6.07) is 12.4. The van der Waals surface area contributed by atoms with Crippen molar-refractivity contribution in [3.63, 3.8) is 0 Å². The molecule has 0 fully saturated rings. The van der Waals surface area contributed by atoms with Crippen LogP contribution in [-0.4, -0.2) is 43.9 Å². The Balaban J connectivity index is 1.78. The molecule has 2 aromatic carbocycles. The summed E-state index contributed by atoms with van der Waals surface area (Å²) in [6.45, 7) is 1.50. The highest BCUT2D eigenvalue weighted by Gasteiger charge is 2.29. The van der Waals surface area contributed by atoms with E-state index in [1.165, 1.54) is 18.3 Å². The molecule has 1 atom stereocenters. The largest absolute Gasteiger partial charge is 0.497 e. The molecule has 3 rings (SSSR count). The monoisotopic (exact) mass is 466 g/mol. The number of anilines is 2. The van der Waals surface area contributed by atoms with E-state index < -0.39 is 22.0 Å². The summed E-state index contributed by atoms with van der Waals surface area (Å²) >= 11 is 7.06. The molecule has 0 saturated carbocycles. The highest BCUT2D eigenvalue weighted by Crippen LogP contribution is 2.28. The van der Waals surface area contributed by atoms with Crippen molar-refractivity contribution in [2.75, 3.05) is 23.0 Å². The van der Waals surface area contributed by atoms with E-state index in [9.17, 15) is 13.2 Å². The molecule has 0 saturated heterocycles. The van der Waals surface area contributed by atoms with Crippen LogP contribution in [0.25, 0.3) is 10.6 Å². The van der Waals surface area contributed by atoms with Crippen molar-refractivity contribution in [1.29, 1.82) is 0 Å². The van der Waals surface area contributed by atoms with Crippen LogP contribution in [0.4, 0.5) is 10.8 Å². The number of nitrogens with one attached hydrogen (secondary N) is 1. The van der Waals surface area contributed by atoms with Crippen molar-refractivity contribution >= 4 is 49.7 Å². The SMILES string of the molecule is COc1ccc(-c2nnc(NC(=O)[C@H](C)N(c3ccc(Cl)cc3)S(C)(=O)=O)s2)cc1. The number of amides is 1. The quantitative estimate of drug-likeness (QED) is 0.570. The maximum absolute atomic E-state index is 12.7. The normalized spacial score (nSPS) is 12.3. The van der Waals surface area contributed by atoms with E-state index in [2.05, 4.69) is 15.5 Å². The van der Waals surface area contributed by atoms with Crippen LogP contribution in [0.5, 0.6) is 5.75 Å². The van der Waals surface area contributed by atoms with Crippen LogP contribution in [0.1, 0.15) is 6.92 Å². The molecule has 0 unspecified atom stereocenters. The molecule has 30 heavy (non-hydrogen) atoms. The lowest BCUT2D eigenvalue weighted by atomic mass is 10.2. The van der Waals surface area contributed by atoms with Gasteiger partial charge in [0, 0.05) is 10.6 Å². The first-order valence-electron chi connectivity index (χ1n) is 8.73. The summed E-state index contributed by atoms with van der Waals surface area (Å²) in [5, 5.41) is 12.0. The minimum absolute atomic E-state index is 0.266. The van der Waals surface area contributed by atoms with E-state index in [-0.39, 0.29) is 5.13 Å². The Labute approximate surface area is 183 Å². The highest BCUT2D eigenvalue weighted by atomic mass is 35.5. The second kappa shape index (κ2) is 8.99. The van der Waals surface area contributed by atoms with Crippen molar-refractivity contribution in [2.24, 2.45) is 0 Å². The zero-order valence-corrected chi connectivity index (χ0v) is 18.8. The standard InChI is InChI=1S/C19H19ClN4O4S2/c1-12(24(30(3,26)27)15-8-6-14(20)7-9-15)17(25)21-19-23-22-18(29-19)13-4-10-16(28-2)11-5-13/h4-12H,1-3H3,(H,21,23,25)/t12-/m0/s1. The average molecular weight is 467 g/mol. The second-order valence-electron chi connectivity index (χ2n) is 6.34. The number of benzene rings is 2. The Morgan fingerprint density at radius 1 is 1.13 bits per heavy atom. The molecular formula is C19H19ClN4O4S2. The van der Waals surface area contributed by atoms with Gasteiger partial charge in [0.2, 0.25) is 21.1 Å². The summed E-state index contributed by atoms with van der Waals surface area (Å²) in [5.74, 6) is 0.182. The first kappa shape index (κ1) is 22.0. The molecule has 1 aromatic heterocycles. The van der Waals surface area contributed by atoms with Crippen LogP contribution in [0.3, 0.4) is 0 Å². The third-order valence-corrected chi connectivity index (χ3v) is 6.54.